The smallest absolute Gasteiger partial charge is 0.242 e. The molecule has 1 N–H and O–H groups in total. The number of amides is 2. The highest BCUT2D eigenvalue weighted by Crippen LogP contribution is 2.26. The fourth-order valence-corrected chi connectivity index (χ4v) is 4.87. The van der Waals surface area contributed by atoms with Gasteiger partial charge in [-0.15, -0.1) is 11.8 Å². The van der Waals surface area contributed by atoms with Crippen LogP contribution in [-0.2, 0) is 21.9 Å². The van der Waals surface area contributed by atoms with Crippen molar-refractivity contribution in [2.45, 2.75) is 51.4 Å². The van der Waals surface area contributed by atoms with Gasteiger partial charge in [-0.25, -0.2) is 0 Å². The Kier molecular flexibility index (Phi) is 12.2. The van der Waals surface area contributed by atoms with Crippen molar-refractivity contribution < 1.29 is 9.59 Å². The van der Waals surface area contributed by atoms with Gasteiger partial charge in [-0.05, 0) is 48.2 Å². The molecule has 2 aromatic rings. The maximum Gasteiger partial charge on any atom is 0.242 e. The van der Waals surface area contributed by atoms with Crippen molar-refractivity contribution in [3.05, 3.63) is 67.6 Å². The summed E-state index contributed by atoms with van der Waals surface area (Å²) < 4.78 is 0. The highest BCUT2D eigenvalue weighted by atomic mass is 35.5. The topological polar surface area (TPSA) is 49.4 Å². The van der Waals surface area contributed by atoms with Crippen molar-refractivity contribution in [1.82, 2.24) is 10.2 Å². The third kappa shape index (κ3) is 8.88. The van der Waals surface area contributed by atoms with E-state index in [1.165, 1.54) is 11.8 Å². The molecule has 0 aliphatic rings. The van der Waals surface area contributed by atoms with Crippen LogP contribution in [0, 0.1) is 0 Å². The first-order chi connectivity index (χ1) is 15.8. The van der Waals surface area contributed by atoms with E-state index >= 15 is 0 Å². The second kappa shape index (κ2) is 14.3. The van der Waals surface area contributed by atoms with E-state index in [-0.39, 0.29) is 24.1 Å². The van der Waals surface area contributed by atoms with E-state index < -0.39 is 6.04 Å². The molecule has 2 rings (SSSR count). The predicted octanol–water partition coefficient (Wildman–Crippen LogP) is 7.26. The van der Waals surface area contributed by atoms with Crippen LogP contribution in [0.2, 0.25) is 20.1 Å². The summed E-state index contributed by atoms with van der Waals surface area (Å²) in [5.41, 5.74) is 1.71. The maximum absolute atomic E-state index is 13.3. The van der Waals surface area contributed by atoms with Gasteiger partial charge >= 0.3 is 0 Å². The Labute approximate surface area is 220 Å². The third-order valence-corrected chi connectivity index (χ3v) is 7.36. The molecule has 0 unspecified atom stereocenters. The Hall–Kier alpha value is -1.11. The zero-order chi connectivity index (χ0) is 24.4. The molecular formula is C24H28Cl4N2O2S. The van der Waals surface area contributed by atoms with E-state index in [0.717, 1.165) is 24.0 Å². The van der Waals surface area contributed by atoms with Crippen molar-refractivity contribution >= 4 is 70.0 Å². The Morgan fingerprint density at radius 1 is 1.00 bits per heavy atom. The van der Waals surface area contributed by atoms with Crippen LogP contribution in [0.15, 0.2) is 36.4 Å². The number of unbranched alkanes of at least 4 members (excludes halogenated alkanes) is 1. The Bertz CT molecular complexity index is 958. The van der Waals surface area contributed by atoms with Gasteiger partial charge in [-0.1, -0.05) is 78.8 Å². The number of nitrogens with one attached hydrogen (secondary N) is 1. The lowest BCUT2D eigenvalue weighted by molar-refractivity contribution is -0.139. The van der Waals surface area contributed by atoms with Crippen LogP contribution in [0.3, 0.4) is 0 Å². The van der Waals surface area contributed by atoms with Gasteiger partial charge in [0.1, 0.15) is 6.04 Å². The molecule has 4 nitrogen and oxygen atoms in total. The minimum Gasteiger partial charge on any atom is -0.354 e. The lowest BCUT2D eigenvalue weighted by Crippen LogP contribution is -2.49. The summed E-state index contributed by atoms with van der Waals surface area (Å²) in [5, 5.41) is 4.91. The summed E-state index contributed by atoms with van der Waals surface area (Å²) in [7, 11) is 0. The minimum absolute atomic E-state index is 0.136. The highest BCUT2D eigenvalue weighted by molar-refractivity contribution is 7.99. The molecule has 0 saturated carbocycles. The zero-order valence-corrected chi connectivity index (χ0v) is 22.5. The molecule has 0 radical (unpaired) electrons. The van der Waals surface area contributed by atoms with Crippen molar-refractivity contribution in [3.8, 4) is 0 Å². The van der Waals surface area contributed by atoms with Gasteiger partial charge in [-0.2, -0.15) is 0 Å². The second-order valence-electron chi connectivity index (χ2n) is 7.57. The van der Waals surface area contributed by atoms with Crippen LogP contribution in [0.1, 0.15) is 44.2 Å². The van der Waals surface area contributed by atoms with Crippen LogP contribution < -0.4 is 5.32 Å². The third-order valence-electron chi connectivity index (χ3n) is 5.05. The summed E-state index contributed by atoms with van der Waals surface area (Å²) in [6.07, 6.45) is 2.36. The summed E-state index contributed by atoms with van der Waals surface area (Å²) in [6, 6.07) is 9.98. The minimum atomic E-state index is -0.591. The number of carbonyl (C=O) groups excluding carboxylic acids is 2. The molecule has 0 spiro atoms. The van der Waals surface area contributed by atoms with Crippen LogP contribution in [0.4, 0.5) is 0 Å². The molecule has 1 atom stereocenters. The number of thioether (sulfide) groups is 1. The average Bonchev–Trinajstić information content (AvgIpc) is 2.77. The highest BCUT2D eigenvalue weighted by Gasteiger charge is 2.28. The first-order valence-electron chi connectivity index (χ1n) is 10.8. The van der Waals surface area contributed by atoms with Crippen molar-refractivity contribution in [3.63, 3.8) is 0 Å². The fourth-order valence-electron chi connectivity index (χ4n) is 3.23. The van der Waals surface area contributed by atoms with E-state index in [0.29, 0.717) is 38.8 Å². The van der Waals surface area contributed by atoms with Gasteiger partial charge in [0.25, 0.3) is 0 Å². The lowest BCUT2D eigenvalue weighted by atomic mass is 10.1. The molecule has 2 amide bonds. The second-order valence-corrected chi connectivity index (χ2v) is 10.2. The van der Waals surface area contributed by atoms with Gasteiger partial charge in [-0.3, -0.25) is 9.59 Å². The number of halogens is 4. The van der Waals surface area contributed by atoms with Crippen LogP contribution in [-0.4, -0.2) is 35.1 Å². The van der Waals surface area contributed by atoms with Gasteiger partial charge in [0.15, 0.2) is 0 Å². The quantitative estimate of drug-likeness (QED) is 0.283. The standard InChI is InChI=1S/C24H28Cl4N2O2S/c1-3-5-10-29-24(32)22(4-2)30(13-17-7-8-18(25)12-20(17)27)23(31)15-33-14-16-6-9-19(26)21(28)11-16/h6-9,11-12,22H,3-5,10,13-15H2,1-2H3,(H,29,32)/t22-/m1/s1. The normalized spacial score (nSPS) is 11.8. The zero-order valence-electron chi connectivity index (χ0n) is 18.7. The first kappa shape index (κ1) is 28.1. The van der Waals surface area contributed by atoms with Gasteiger partial charge in [0.2, 0.25) is 11.8 Å². The van der Waals surface area contributed by atoms with Gasteiger partial charge in [0, 0.05) is 28.9 Å². The SMILES string of the molecule is CCCCNC(=O)[C@@H](CC)N(Cc1ccc(Cl)cc1Cl)C(=O)CSCc1ccc(Cl)c(Cl)c1. The first-order valence-corrected chi connectivity index (χ1v) is 13.5. The van der Waals surface area contributed by atoms with Crippen molar-refractivity contribution in [2.75, 3.05) is 12.3 Å². The molecule has 180 valence electrons. The summed E-state index contributed by atoms with van der Waals surface area (Å²) in [5.74, 6) is 0.518. The molecular weight excluding hydrogens is 522 g/mol. The summed E-state index contributed by atoms with van der Waals surface area (Å²) in [4.78, 5) is 27.8. The largest absolute Gasteiger partial charge is 0.354 e. The molecule has 0 aromatic heterocycles. The molecule has 0 fully saturated rings. The van der Waals surface area contributed by atoms with Crippen molar-refractivity contribution in [1.29, 1.82) is 0 Å². The van der Waals surface area contributed by atoms with Gasteiger partial charge in [0.05, 0.1) is 15.8 Å². The molecule has 33 heavy (non-hydrogen) atoms. The molecule has 0 saturated heterocycles. The van der Waals surface area contributed by atoms with E-state index in [4.69, 9.17) is 46.4 Å². The maximum atomic E-state index is 13.3. The molecule has 0 heterocycles. The molecule has 0 aliphatic carbocycles. The number of nitrogens with zero attached hydrogens (tertiary/aromatic N) is 1. The number of hydrogen-bond acceptors (Lipinski definition) is 3. The number of carbonyl (C=O) groups is 2. The Morgan fingerprint density at radius 3 is 2.39 bits per heavy atom. The lowest BCUT2D eigenvalue weighted by Gasteiger charge is -2.31. The summed E-state index contributed by atoms with van der Waals surface area (Å²) in [6.45, 7) is 4.77. The number of rotatable bonds is 12. The average molecular weight is 550 g/mol. The van der Waals surface area contributed by atoms with Crippen LogP contribution >= 0.6 is 58.2 Å². The van der Waals surface area contributed by atoms with Crippen LogP contribution in [0.5, 0.6) is 0 Å². The number of hydrogen-bond donors (Lipinski definition) is 1. The van der Waals surface area contributed by atoms with E-state index in [9.17, 15) is 9.59 Å². The van der Waals surface area contributed by atoms with Crippen molar-refractivity contribution in [2.24, 2.45) is 0 Å². The molecule has 0 bridgehead atoms. The molecule has 0 aliphatic heterocycles. The number of benzene rings is 2. The van der Waals surface area contributed by atoms with Crippen LogP contribution in [0.25, 0.3) is 0 Å². The van der Waals surface area contributed by atoms with E-state index in [2.05, 4.69) is 12.2 Å². The van der Waals surface area contributed by atoms with E-state index in [1.807, 2.05) is 13.0 Å². The fraction of sp³-hybridized carbons (Fsp3) is 0.417. The predicted molar refractivity (Wildman–Crippen MR) is 142 cm³/mol. The van der Waals surface area contributed by atoms with E-state index in [1.54, 1.807) is 35.2 Å². The monoisotopic (exact) mass is 548 g/mol. The molecule has 9 heteroatoms. The summed E-state index contributed by atoms with van der Waals surface area (Å²) >= 11 is 25.9. The Balaban J connectivity index is 2.15. The van der Waals surface area contributed by atoms with Gasteiger partial charge < -0.3 is 10.2 Å². The molecule has 2 aromatic carbocycles. The Morgan fingerprint density at radius 2 is 1.76 bits per heavy atom.